The average molecular weight is 224 g/mol. The van der Waals surface area contributed by atoms with Crippen LogP contribution in [0.2, 0.25) is 0 Å². The number of nitrogens with zero attached hydrogens (tertiary/aromatic N) is 1. The van der Waals surface area contributed by atoms with Crippen molar-refractivity contribution in [1.29, 1.82) is 0 Å². The van der Waals surface area contributed by atoms with Crippen molar-refractivity contribution in [2.45, 2.75) is 64.0 Å². The lowest BCUT2D eigenvalue weighted by molar-refractivity contribution is -0.137. The molecule has 3 nitrogen and oxygen atoms in total. The van der Waals surface area contributed by atoms with Gasteiger partial charge in [-0.2, -0.15) is 0 Å². The Hall–Kier alpha value is -0.570. The molecule has 3 heteroatoms. The van der Waals surface area contributed by atoms with Gasteiger partial charge in [0.05, 0.1) is 0 Å². The zero-order valence-corrected chi connectivity index (χ0v) is 10.3. The number of carbonyl (C=O) groups is 1. The first-order valence-corrected chi connectivity index (χ1v) is 6.73. The third-order valence-corrected chi connectivity index (χ3v) is 4.06. The van der Waals surface area contributed by atoms with E-state index >= 15 is 0 Å². The highest BCUT2D eigenvalue weighted by molar-refractivity contribution is 5.77. The van der Waals surface area contributed by atoms with Crippen molar-refractivity contribution in [2.75, 3.05) is 6.54 Å². The van der Waals surface area contributed by atoms with Crippen molar-refractivity contribution in [2.24, 2.45) is 11.7 Å². The predicted octanol–water partition coefficient (Wildman–Crippen LogP) is 1.90. The van der Waals surface area contributed by atoms with Gasteiger partial charge in [0.1, 0.15) is 0 Å². The molecule has 1 amide bonds. The minimum atomic E-state index is -0.00327. The molecular weight excluding hydrogens is 200 g/mol. The molecule has 0 spiro atoms. The fourth-order valence-electron chi connectivity index (χ4n) is 3.33. The second-order valence-electron chi connectivity index (χ2n) is 5.52. The zero-order valence-electron chi connectivity index (χ0n) is 10.3. The molecule has 92 valence electrons. The van der Waals surface area contributed by atoms with Gasteiger partial charge in [0, 0.05) is 25.0 Å². The van der Waals surface area contributed by atoms with Gasteiger partial charge in [-0.15, -0.1) is 0 Å². The van der Waals surface area contributed by atoms with Crippen LogP contribution < -0.4 is 5.73 Å². The van der Waals surface area contributed by atoms with E-state index in [2.05, 4.69) is 4.90 Å². The molecule has 2 N–H and O–H groups in total. The molecule has 1 saturated heterocycles. The molecular formula is C13H24N2O. The molecule has 2 rings (SSSR count). The third kappa shape index (κ3) is 2.57. The first-order chi connectivity index (χ1) is 7.68. The van der Waals surface area contributed by atoms with Gasteiger partial charge in [0.25, 0.3) is 0 Å². The lowest BCUT2D eigenvalue weighted by Crippen LogP contribution is -2.50. The maximum atomic E-state index is 12.1. The van der Waals surface area contributed by atoms with Crippen molar-refractivity contribution in [3.05, 3.63) is 0 Å². The number of hydrogen-bond acceptors (Lipinski definition) is 2. The fraction of sp³-hybridized carbons (Fsp3) is 0.923. The Balaban J connectivity index is 1.99. The number of hydrogen-bond donors (Lipinski definition) is 1. The molecule has 3 atom stereocenters. The Morgan fingerprint density at radius 3 is 2.75 bits per heavy atom. The van der Waals surface area contributed by atoms with E-state index < -0.39 is 0 Å². The van der Waals surface area contributed by atoms with Gasteiger partial charge >= 0.3 is 0 Å². The minimum Gasteiger partial charge on any atom is -0.339 e. The summed E-state index contributed by atoms with van der Waals surface area (Å²) in [6.45, 7) is 2.88. The standard InChI is InChI=1S/C13H24N2O/c1-10(14)9-13(16)15-8-4-6-11-5-2-3-7-12(11)15/h10-12H,2-9,14H2,1H3/t10?,11-,12-/m1/s1. The monoisotopic (exact) mass is 224 g/mol. The van der Waals surface area contributed by atoms with Crippen LogP contribution in [0.25, 0.3) is 0 Å². The summed E-state index contributed by atoms with van der Waals surface area (Å²) >= 11 is 0. The summed E-state index contributed by atoms with van der Waals surface area (Å²) in [5.41, 5.74) is 5.72. The average Bonchev–Trinajstić information content (AvgIpc) is 2.27. The Labute approximate surface area is 98.4 Å². The van der Waals surface area contributed by atoms with Crippen LogP contribution in [0.15, 0.2) is 0 Å². The highest BCUT2D eigenvalue weighted by Crippen LogP contribution is 2.35. The predicted molar refractivity (Wildman–Crippen MR) is 65.0 cm³/mol. The lowest BCUT2D eigenvalue weighted by Gasteiger charge is -2.44. The molecule has 1 saturated carbocycles. The van der Waals surface area contributed by atoms with E-state index in [1.54, 1.807) is 0 Å². The molecule has 2 fully saturated rings. The van der Waals surface area contributed by atoms with E-state index in [0.29, 0.717) is 12.5 Å². The van der Waals surface area contributed by atoms with E-state index in [4.69, 9.17) is 5.73 Å². The molecule has 0 bridgehead atoms. The first kappa shape index (κ1) is 11.9. The molecule has 0 aromatic heterocycles. The second kappa shape index (κ2) is 5.17. The van der Waals surface area contributed by atoms with Gasteiger partial charge in [0.15, 0.2) is 0 Å². The van der Waals surface area contributed by atoms with Gasteiger partial charge in [0.2, 0.25) is 5.91 Å². The number of carbonyl (C=O) groups excluding carboxylic acids is 1. The van der Waals surface area contributed by atoms with Crippen LogP contribution in [0.3, 0.4) is 0 Å². The molecule has 1 heterocycles. The van der Waals surface area contributed by atoms with E-state index in [0.717, 1.165) is 12.5 Å². The summed E-state index contributed by atoms with van der Waals surface area (Å²) in [5, 5.41) is 0. The Bertz CT molecular complexity index is 250. The molecule has 0 aromatic rings. The highest BCUT2D eigenvalue weighted by Gasteiger charge is 2.35. The minimum absolute atomic E-state index is 0.00327. The van der Waals surface area contributed by atoms with Crippen molar-refractivity contribution >= 4 is 5.91 Å². The topological polar surface area (TPSA) is 46.3 Å². The van der Waals surface area contributed by atoms with E-state index in [9.17, 15) is 4.79 Å². The third-order valence-electron chi connectivity index (χ3n) is 4.06. The maximum absolute atomic E-state index is 12.1. The smallest absolute Gasteiger partial charge is 0.224 e. The summed E-state index contributed by atoms with van der Waals surface area (Å²) < 4.78 is 0. The normalized spacial score (nSPS) is 32.0. The van der Waals surface area contributed by atoms with Crippen molar-refractivity contribution in [3.8, 4) is 0 Å². The number of nitrogens with two attached hydrogens (primary N) is 1. The molecule has 0 radical (unpaired) electrons. The van der Waals surface area contributed by atoms with Gasteiger partial charge in [-0.3, -0.25) is 4.79 Å². The van der Waals surface area contributed by atoms with E-state index in [-0.39, 0.29) is 11.9 Å². The Morgan fingerprint density at radius 2 is 2.00 bits per heavy atom. The lowest BCUT2D eigenvalue weighted by atomic mass is 9.78. The van der Waals surface area contributed by atoms with Crippen LogP contribution >= 0.6 is 0 Å². The van der Waals surface area contributed by atoms with Crippen LogP contribution in [0.5, 0.6) is 0 Å². The van der Waals surface area contributed by atoms with Gasteiger partial charge in [-0.1, -0.05) is 12.8 Å². The molecule has 1 aliphatic heterocycles. The SMILES string of the molecule is CC(N)CC(=O)N1CCC[C@H]2CCCC[C@H]21. The number of amides is 1. The molecule has 2 aliphatic rings. The van der Waals surface area contributed by atoms with Crippen molar-refractivity contribution < 1.29 is 4.79 Å². The summed E-state index contributed by atoms with van der Waals surface area (Å²) in [5.74, 6) is 1.06. The number of piperidine rings is 1. The summed E-state index contributed by atoms with van der Waals surface area (Å²) in [6.07, 6.45) is 8.23. The maximum Gasteiger partial charge on any atom is 0.224 e. The molecule has 16 heavy (non-hydrogen) atoms. The number of likely N-dealkylation sites (tertiary alicyclic amines) is 1. The van der Waals surface area contributed by atoms with Crippen LogP contribution in [0, 0.1) is 5.92 Å². The van der Waals surface area contributed by atoms with Gasteiger partial charge < -0.3 is 10.6 Å². The van der Waals surface area contributed by atoms with E-state index in [1.807, 2.05) is 6.92 Å². The highest BCUT2D eigenvalue weighted by atomic mass is 16.2. The summed E-state index contributed by atoms with van der Waals surface area (Å²) in [6, 6.07) is 0.533. The van der Waals surface area contributed by atoms with Crippen LogP contribution in [-0.2, 0) is 4.79 Å². The Morgan fingerprint density at radius 1 is 1.31 bits per heavy atom. The van der Waals surface area contributed by atoms with Crippen molar-refractivity contribution in [1.82, 2.24) is 4.90 Å². The largest absolute Gasteiger partial charge is 0.339 e. The van der Waals surface area contributed by atoms with Crippen LogP contribution in [-0.4, -0.2) is 29.4 Å². The van der Waals surface area contributed by atoms with Gasteiger partial charge in [-0.05, 0) is 38.5 Å². The summed E-state index contributed by atoms with van der Waals surface area (Å²) in [4.78, 5) is 14.2. The first-order valence-electron chi connectivity index (χ1n) is 6.73. The number of rotatable bonds is 2. The molecule has 0 aromatic carbocycles. The van der Waals surface area contributed by atoms with Crippen molar-refractivity contribution in [3.63, 3.8) is 0 Å². The van der Waals surface area contributed by atoms with Gasteiger partial charge in [-0.25, -0.2) is 0 Å². The number of fused-ring (bicyclic) bond motifs is 1. The van der Waals surface area contributed by atoms with Crippen LogP contribution in [0.1, 0.15) is 51.9 Å². The summed E-state index contributed by atoms with van der Waals surface area (Å²) in [7, 11) is 0. The second-order valence-corrected chi connectivity index (χ2v) is 5.52. The Kier molecular flexibility index (Phi) is 3.85. The fourth-order valence-corrected chi connectivity index (χ4v) is 3.33. The molecule has 1 aliphatic carbocycles. The quantitative estimate of drug-likeness (QED) is 0.778. The van der Waals surface area contributed by atoms with Crippen LogP contribution in [0.4, 0.5) is 0 Å². The zero-order chi connectivity index (χ0) is 11.5. The molecule has 1 unspecified atom stereocenters. The van der Waals surface area contributed by atoms with E-state index in [1.165, 1.54) is 38.5 Å².